The Balaban J connectivity index is 2.16. The van der Waals surface area contributed by atoms with Crippen molar-refractivity contribution in [2.24, 2.45) is 0 Å². The highest BCUT2D eigenvalue weighted by Gasteiger charge is 1.89. The standard InChI is InChI=1S/C14H24/c1-2-4-6-8-10-12-14-13-11-9-7-5-3-1/h1-2,11,13H,3-10,12,14H2/b2-1-,13-11?. The molecule has 14 heavy (non-hydrogen) atoms. The first-order valence-electron chi connectivity index (χ1n) is 6.30. The maximum Gasteiger partial charge on any atom is -0.0351 e. The van der Waals surface area contributed by atoms with Gasteiger partial charge >= 0.3 is 0 Å². The van der Waals surface area contributed by atoms with Gasteiger partial charge < -0.3 is 0 Å². The summed E-state index contributed by atoms with van der Waals surface area (Å²) in [5.41, 5.74) is 0. The van der Waals surface area contributed by atoms with Crippen LogP contribution in [0.25, 0.3) is 0 Å². The average molecular weight is 192 g/mol. The van der Waals surface area contributed by atoms with Gasteiger partial charge in [0.1, 0.15) is 0 Å². The van der Waals surface area contributed by atoms with Gasteiger partial charge in [0.05, 0.1) is 0 Å². The first-order chi connectivity index (χ1) is 7.00. The number of hydrogen-bond donors (Lipinski definition) is 0. The normalized spacial score (nSPS) is 24.0. The van der Waals surface area contributed by atoms with E-state index in [2.05, 4.69) is 24.3 Å². The molecule has 80 valence electrons. The van der Waals surface area contributed by atoms with Crippen LogP contribution in [0.1, 0.15) is 64.2 Å². The molecule has 0 atom stereocenters. The number of hydrogen-bond acceptors (Lipinski definition) is 0. The van der Waals surface area contributed by atoms with E-state index in [-0.39, 0.29) is 0 Å². The topological polar surface area (TPSA) is 0 Å². The van der Waals surface area contributed by atoms with E-state index in [0.29, 0.717) is 0 Å². The molecule has 1 aliphatic carbocycles. The Morgan fingerprint density at radius 3 is 1.00 bits per heavy atom. The Morgan fingerprint density at radius 1 is 0.357 bits per heavy atom. The predicted octanol–water partition coefficient (Wildman–Crippen LogP) is 5.01. The van der Waals surface area contributed by atoms with Gasteiger partial charge in [-0.15, -0.1) is 0 Å². The molecule has 0 saturated heterocycles. The van der Waals surface area contributed by atoms with Crippen LogP contribution in [0.4, 0.5) is 0 Å². The molecular weight excluding hydrogens is 168 g/mol. The molecule has 1 aliphatic rings. The zero-order chi connectivity index (χ0) is 9.90. The highest BCUT2D eigenvalue weighted by Crippen LogP contribution is 2.09. The van der Waals surface area contributed by atoms with Gasteiger partial charge in [0, 0.05) is 0 Å². The molecular formula is C14H24. The summed E-state index contributed by atoms with van der Waals surface area (Å²) >= 11 is 0. The number of allylic oxidation sites excluding steroid dienone is 4. The van der Waals surface area contributed by atoms with Crippen molar-refractivity contribution >= 4 is 0 Å². The van der Waals surface area contributed by atoms with Crippen molar-refractivity contribution in [1.29, 1.82) is 0 Å². The zero-order valence-corrected chi connectivity index (χ0v) is 9.38. The van der Waals surface area contributed by atoms with Gasteiger partial charge in [-0.3, -0.25) is 0 Å². The van der Waals surface area contributed by atoms with E-state index < -0.39 is 0 Å². The number of rotatable bonds is 0. The summed E-state index contributed by atoms with van der Waals surface area (Å²) in [6.45, 7) is 0. The monoisotopic (exact) mass is 192 g/mol. The molecule has 0 saturated carbocycles. The molecule has 0 spiro atoms. The van der Waals surface area contributed by atoms with Crippen molar-refractivity contribution in [3.8, 4) is 0 Å². The molecule has 0 fully saturated rings. The summed E-state index contributed by atoms with van der Waals surface area (Å²) < 4.78 is 0. The van der Waals surface area contributed by atoms with Crippen LogP contribution in [-0.4, -0.2) is 0 Å². The molecule has 0 heterocycles. The minimum Gasteiger partial charge on any atom is -0.0885 e. The molecule has 0 unspecified atom stereocenters. The highest BCUT2D eigenvalue weighted by molar-refractivity contribution is 4.84. The molecule has 0 N–H and O–H groups in total. The smallest absolute Gasteiger partial charge is 0.0351 e. The fourth-order valence-corrected chi connectivity index (χ4v) is 1.87. The Bertz CT molecular complexity index is 145. The predicted molar refractivity (Wildman–Crippen MR) is 64.5 cm³/mol. The molecule has 0 bridgehead atoms. The van der Waals surface area contributed by atoms with Crippen LogP contribution >= 0.6 is 0 Å². The molecule has 0 nitrogen and oxygen atoms in total. The van der Waals surface area contributed by atoms with E-state index in [1.807, 2.05) is 0 Å². The summed E-state index contributed by atoms with van der Waals surface area (Å²) in [6.07, 6.45) is 23.0. The maximum atomic E-state index is 2.38. The molecule has 0 aromatic rings. The quantitative estimate of drug-likeness (QED) is 0.473. The molecule has 0 heteroatoms. The first-order valence-corrected chi connectivity index (χ1v) is 6.30. The van der Waals surface area contributed by atoms with Crippen molar-refractivity contribution in [2.45, 2.75) is 64.2 Å². The zero-order valence-electron chi connectivity index (χ0n) is 9.38. The first kappa shape index (κ1) is 11.6. The molecule has 0 amide bonds. The van der Waals surface area contributed by atoms with Gasteiger partial charge in [-0.25, -0.2) is 0 Å². The van der Waals surface area contributed by atoms with Crippen LogP contribution < -0.4 is 0 Å². The lowest BCUT2D eigenvalue weighted by atomic mass is 10.1. The van der Waals surface area contributed by atoms with Crippen molar-refractivity contribution < 1.29 is 0 Å². The molecule has 0 aromatic heterocycles. The Kier molecular flexibility index (Phi) is 7.47. The van der Waals surface area contributed by atoms with E-state index in [4.69, 9.17) is 0 Å². The second kappa shape index (κ2) is 9.05. The van der Waals surface area contributed by atoms with E-state index >= 15 is 0 Å². The van der Waals surface area contributed by atoms with Crippen molar-refractivity contribution in [2.75, 3.05) is 0 Å². The van der Waals surface area contributed by atoms with Crippen molar-refractivity contribution in [3.63, 3.8) is 0 Å². The van der Waals surface area contributed by atoms with Crippen LogP contribution in [0.2, 0.25) is 0 Å². The van der Waals surface area contributed by atoms with Crippen molar-refractivity contribution in [3.05, 3.63) is 24.3 Å². The van der Waals surface area contributed by atoms with E-state index in [1.165, 1.54) is 64.2 Å². The fraction of sp³-hybridized carbons (Fsp3) is 0.714. The third-order valence-corrected chi connectivity index (χ3v) is 2.82. The lowest BCUT2D eigenvalue weighted by molar-refractivity contribution is 0.649. The third-order valence-electron chi connectivity index (χ3n) is 2.82. The third kappa shape index (κ3) is 6.94. The van der Waals surface area contributed by atoms with Gasteiger partial charge in [-0.05, 0) is 51.4 Å². The Morgan fingerprint density at radius 2 is 0.643 bits per heavy atom. The Hall–Kier alpha value is -0.520. The van der Waals surface area contributed by atoms with Crippen LogP contribution in [0.15, 0.2) is 24.3 Å². The van der Waals surface area contributed by atoms with Gasteiger partial charge in [-0.1, -0.05) is 37.1 Å². The van der Waals surface area contributed by atoms with Crippen molar-refractivity contribution in [1.82, 2.24) is 0 Å². The lowest BCUT2D eigenvalue weighted by Crippen LogP contribution is -1.79. The SMILES string of the molecule is C1=CCCCCCC/C=C\CCCC1. The second-order valence-electron chi connectivity index (χ2n) is 4.22. The molecule has 0 aliphatic heterocycles. The minimum atomic E-state index is 1.29. The van der Waals surface area contributed by atoms with Crippen LogP contribution in [-0.2, 0) is 0 Å². The van der Waals surface area contributed by atoms with E-state index in [9.17, 15) is 0 Å². The summed E-state index contributed by atoms with van der Waals surface area (Å²) in [4.78, 5) is 0. The van der Waals surface area contributed by atoms with Crippen LogP contribution in [0.3, 0.4) is 0 Å². The summed E-state index contributed by atoms with van der Waals surface area (Å²) in [5, 5.41) is 0. The average Bonchev–Trinajstić information content (AvgIpc) is 2.22. The van der Waals surface area contributed by atoms with E-state index in [1.54, 1.807) is 0 Å². The van der Waals surface area contributed by atoms with E-state index in [0.717, 1.165) is 0 Å². The molecule has 0 aromatic carbocycles. The molecule has 1 rings (SSSR count). The van der Waals surface area contributed by atoms with Crippen LogP contribution in [0, 0.1) is 0 Å². The van der Waals surface area contributed by atoms with Gasteiger partial charge in [-0.2, -0.15) is 0 Å². The van der Waals surface area contributed by atoms with Gasteiger partial charge in [0.25, 0.3) is 0 Å². The van der Waals surface area contributed by atoms with Gasteiger partial charge in [0.15, 0.2) is 0 Å². The molecule has 0 radical (unpaired) electrons. The second-order valence-corrected chi connectivity index (χ2v) is 4.22. The lowest BCUT2D eigenvalue weighted by Gasteiger charge is -1.99. The maximum absolute atomic E-state index is 2.38. The summed E-state index contributed by atoms with van der Waals surface area (Å²) in [5.74, 6) is 0. The minimum absolute atomic E-state index is 1.29. The summed E-state index contributed by atoms with van der Waals surface area (Å²) in [7, 11) is 0. The Labute approximate surface area is 89.1 Å². The van der Waals surface area contributed by atoms with Crippen LogP contribution in [0.5, 0.6) is 0 Å². The highest BCUT2D eigenvalue weighted by atomic mass is 14.0. The fourth-order valence-electron chi connectivity index (χ4n) is 1.87. The largest absolute Gasteiger partial charge is 0.0885 e. The summed E-state index contributed by atoms with van der Waals surface area (Å²) in [6, 6.07) is 0. The van der Waals surface area contributed by atoms with Gasteiger partial charge in [0.2, 0.25) is 0 Å².